The van der Waals surface area contributed by atoms with Crippen LogP contribution in [0.4, 0.5) is 0 Å². The highest BCUT2D eigenvalue weighted by molar-refractivity contribution is 7.91. The van der Waals surface area contributed by atoms with E-state index >= 15 is 0 Å². The Balaban J connectivity index is 2.93. The van der Waals surface area contributed by atoms with Crippen molar-refractivity contribution >= 4 is 15.8 Å². The van der Waals surface area contributed by atoms with Crippen molar-refractivity contribution < 1.29 is 28.2 Å². The molecule has 6 nitrogen and oxygen atoms in total. The van der Waals surface area contributed by atoms with Crippen LogP contribution in [-0.4, -0.2) is 43.6 Å². The van der Waals surface area contributed by atoms with Crippen molar-refractivity contribution in [1.82, 2.24) is 0 Å². The van der Waals surface area contributed by atoms with Crippen molar-refractivity contribution in [3.63, 3.8) is 0 Å². The quantitative estimate of drug-likeness (QED) is 0.767. The van der Waals surface area contributed by atoms with Crippen LogP contribution in [0.25, 0.3) is 0 Å². The van der Waals surface area contributed by atoms with Gasteiger partial charge in [0.1, 0.15) is 5.75 Å². The minimum Gasteiger partial charge on any atom is -0.497 e. The van der Waals surface area contributed by atoms with Gasteiger partial charge in [-0.3, -0.25) is 0 Å². The van der Waals surface area contributed by atoms with Crippen LogP contribution >= 0.6 is 0 Å². The van der Waals surface area contributed by atoms with Crippen LogP contribution < -0.4 is 4.74 Å². The van der Waals surface area contributed by atoms with E-state index in [1.54, 1.807) is 0 Å². The summed E-state index contributed by atoms with van der Waals surface area (Å²) in [6.45, 7) is 0. The molecular weight excluding hydrogens is 248 g/mol. The number of hydrogen-bond donors (Lipinski definition) is 2. The molecule has 1 atom stereocenters. The molecule has 1 aromatic rings. The number of sulfone groups is 1. The fourth-order valence-electron chi connectivity index (χ4n) is 1.16. The van der Waals surface area contributed by atoms with E-state index < -0.39 is 27.7 Å². The molecule has 0 amide bonds. The van der Waals surface area contributed by atoms with Gasteiger partial charge >= 0.3 is 5.97 Å². The molecule has 1 unspecified atom stereocenters. The van der Waals surface area contributed by atoms with Crippen LogP contribution in [-0.2, 0) is 14.6 Å². The van der Waals surface area contributed by atoms with E-state index in [1.807, 2.05) is 0 Å². The molecule has 1 aromatic carbocycles. The molecule has 0 fully saturated rings. The highest BCUT2D eigenvalue weighted by atomic mass is 32.2. The van der Waals surface area contributed by atoms with Gasteiger partial charge in [-0.25, -0.2) is 13.2 Å². The first-order chi connectivity index (χ1) is 7.86. The van der Waals surface area contributed by atoms with Gasteiger partial charge in [0.15, 0.2) is 15.9 Å². The molecule has 0 aliphatic heterocycles. The average molecular weight is 260 g/mol. The van der Waals surface area contributed by atoms with E-state index in [0.29, 0.717) is 5.75 Å². The van der Waals surface area contributed by atoms with Gasteiger partial charge in [0, 0.05) is 0 Å². The predicted molar refractivity (Wildman–Crippen MR) is 58.7 cm³/mol. The summed E-state index contributed by atoms with van der Waals surface area (Å²) in [6, 6.07) is 5.48. The first-order valence-electron chi connectivity index (χ1n) is 4.64. The lowest BCUT2D eigenvalue weighted by molar-refractivity contribution is -0.145. The maximum atomic E-state index is 11.7. The Bertz CT molecular complexity index is 490. The zero-order valence-electron chi connectivity index (χ0n) is 9.03. The summed E-state index contributed by atoms with van der Waals surface area (Å²) in [5.74, 6) is -1.93. The maximum Gasteiger partial charge on any atom is 0.333 e. The second-order valence-corrected chi connectivity index (χ2v) is 5.35. The first kappa shape index (κ1) is 13.5. The zero-order chi connectivity index (χ0) is 13.1. The minimum atomic E-state index is -3.82. The van der Waals surface area contributed by atoms with Crippen LogP contribution in [0.3, 0.4) is 0 Å². The average Bonchev–Trinajstić information content (AvgIpc) is 2.28. The molecule has 17 heavy (non-hydrogen) atoms. The molecule has 0 bridgehead atoms. The van der Waals surface area contributed by atoms with Gasteiger partial charge in [0.2, 0.25) is 0 Å². The third-order valence-electron chi connectivity index (χ3n) is 2.08. The Kier molecular flexibility index (Phi) is 4.08. The second kappa shape index (κ2) is 5.15. The smallest absolute Gasteiger partial charge is 0.333 e. The Hall–Kier alpha value is -1.60. The van der Waals surface area contributed by atoms with E-state index in [0.717, 1.165) is 0 Å². The number of carboxylic acids is 1. The van der Waals surface area contributed by atoms with Gasteiger partial charge in [0.05, 0.1) is 17.8 Å². The van der Waals surface area contributed by atoms with E-state index in [4.69, 9.17) is 14.9 Å². The zero-order valence-corrected chi connectivity index (χ0v) is 9.85. The summed E-state index contributed by atoms with van der Waals surface area (Å²) in [6.07, 6.45) is -1.93. The molecule has 0 saturated heterocycles. The molecule has 1 rings (SSSR count). The molecule has 0 radical (unpaired) electrons. The molecule has 0 aliphatic rings. The summed E-state index contributed by atoms with van der Waals surface area (Å²) in [7, 11) is -2.37. The summed E-state index contributed by atoms with van der Waals surface area (Å²) in [5.41, 5.74) is 0. The van der Waals surface area contributed by atoms with Gasteiger partial charge in [-0.15, -0.1) is 0 Å². The van der Waals surface area contributed by atoms with Crippen molar-refractivity contribution in [1.29, 1.82) is 0 Å². The van der Waals surface area contributed by atoms with Crippen molar-refractivity contribution in [2.75, 3.05) is 12.9 Å². The minimum absolute atomic E-state index is 0.0569. The number of carboxylic acid groups (broad SMARTS) is 1. The standard InChI is InChI=1S/C10H12O6S/c1-16-7-2-4-8(5-3-7)17(14,15)6-9(11)10(12)13/h2-5,9,11H,6H2,1H3,(H,12,13). The number of aliphatic carboxylic acids is 1. The number of aliphatic hydroxyl groups is 1. The molecule has 0 saturated carbocycles. The predicted octanol–water partition coefficient (Wildman–Crippen LogP) is -0.0856. The summed E-state index contributed by atoms with van der Waals surface area (Å²) < 4.78 is 28.2. The number of carbonyl (C=O) groups is 1. The molecule has 0 aromatic heterocycles. The van der Waals surface area contributed by atoms with Gasteiger partial charge in [-0.2, -0.15) is 0 Å². The number of ether oxygens (including phenoxy) is 1. The maximum absolute atomic E-state index is 11.7. The lowest BCUT2D eigenvalue weighted by atomic mass is 10.3. The van der Waals surface area contributed by atoms with Crippen molar-refractivity contribution in [3.8, 4) is 5.75 Å². The largest absolute Gasteiger partial charge is 0.497 e. The number of aliphatic hydroxyl groups excluding tert-OH is 1. The summed E-state index contributed by atoms with van der Waals surface area (Å²) in [5, 5.41) is 17.5. The number of benzene rings is 1. The lowest BCUT2D eigenvalue weighted by Crippen LogP contribution is -2.28. The van der Waals surface area contributed by atoms with Crippen molar-refractivity contribution in [2.45, 2.75) is 11.0 Å². The molecule has 0 heterocycles. The number of hydrogen-bond acceptors (Lipinski definition) is 5. The van der Waals surface area contributed by atoms with Crippen LogP contribution in [0.15, 0.2) is 29.2 Å². The summed E-state index contributed by atoms with van der Waals surface area (Å²) in [4.78, 5) is 10.3. The first-order valence-corrected chi connectivity index (χ1v) is 6.29. The van der Waals surface area contributed by atoms with Crippen LogP contribution in [0.2, 0.25) is 0 Å². The highest BCUT2D eigenvalue weighted by Gasteiger charge is 2.24. The Morgan fingerprint density at radius 3 is 2.29 bits per heavy atom. The van der Waals surface area contributed by atoms with E-state index in [-0.39, 0.29) is 4.90 Å². The van der Waals surface area contributed by atoms with Crippen LogP contribution in [0, 0.1) is 0 Å². The third kappa shape index (κ3) is 3.43. The van der Waals surface area contributed by atoms with Gasteiger partial charge < -0.3 is 14.9 Å². The van der Waals surface area contributed by atoms with Crippen LogP contribution in [0.1, 0.15) is 0 Å². The topological polar surface area (TPSA) is 101 Å². The van der Waals surface area contributed by atoms with Crippen molar-refractivity contribution in [3.05, 3.63) is 24.3 Å². The van der Waals surface area contributed by atoms with Gasteiger partial charge in [-0.1, -0.05) is 0 Å². The van der Waals surface area contributed by atoms with Gasteiger partial charge in [0.25, 0.3) is 0 Å². The molecule has 2 N–H and O–H groups in total. The summed E-state index contributed by atoms with van der Waals surface area (Å²) >= 11 is 0. The molecule has 0 spiro atoms. The van der Waals surface area contributed by atoms with Gasteiger partial charge in [-0.05, 0) is 24.3 Å². The molecule has 94 valence electrons. The monoisotopic (exact) mass is 260 g/mol. The Morgan fingerprint density at radius 1 is 1.35 bits per heavy atom. The van der Waals surface area contributed by atoms with Crippen LogP contribution in [0.5, 0.6) is 5.75 Å². The Labute approximate surface area is 98.4 Å². The van der Waals surface area contributed by atoms with Crippen molar-refractivity contribution in [2.24, 2.45) is 0 Å². The molecule has 7 heteroatoms. The van der Waals surface area contributed by atoms with E-state index in [9.17, 15) is 13.2 Å². The highest BCUT2D eigenvalue weighted by Crippen LogP contribution is 2.17. The number of methoxy groups -OCH3 is 1. The van der Waals surface area contributed by atoms with E-state index in [1.165, 1.54) is 31.4 Å². The normalized spacial score (nSPS) is 13.1. The third-order valence-corrected chi connectivity index (χ3v) is 3.83. The SMILES string of the molecule is COc1ccc(S(=O)(=O)CC(O)C(=O)O)cc1. The molecule has 0 aliphatic carbocycles. The second-order valence-electron chi connectivity index (χ2n) is 3.31. The fraction of sp³-hybridized carbons (Fsp3) is 0.300. The van der Waals surface area contributed by atoms with E-state index in [2.05, 4.69) is 0 Å². The number of rotatable bonds is 5. The fourth-order valence-corrected chi connectivity index (χ4v) is 2.46. The lowest BCUT2D eigenvalue weighted by Gasteiger charge is -2.07. The Morgan fingerprint density at radius 2 is 1.88 bits per heavy atom. The molecular formula is C10H12O6S.